The van der Waals surface area contributed by atoms with E-state index in [2.05, 4.69) is 5.16 Å². The Kier molecular flexibility index (Phi) is 4.78. The first-order valence-electron chi connectivity index (χ1n) is 6.05. The van der Waals surface area contributed by atoms with Crippen molar-refractivity contribution in [2.45, 2.75) is 10.6 Å². The highest BCUT2D eigenvalue weighted by Gasteiger charge is 2.08. The van der Waals surface area contributed by atoms with Crippen LogP contribution in [0.15, 0.2) is 58.6 Å². The van der Waals surface area contributed by atoms with Crippen LogP contribution in [0, 0.1) is 10.1 Å². The second-order valence-electron chi connectivity index (χ2n) is 4.18. The molecule has 108 valence electrons. The van der Waals surface area contributed by atoms with E-state index in [0.29, 0.717) is 11.3 Å². The predicted molar refractivity (Wildman–Crippen MR) is 81.6 cm³/mol. The third-order valence-electron chi connectivity index (χ3n) is 2.84. The molecule has 0 aromatic heterocycles. The lowest BCUT2D eigenvalue weighted by Crippen LogP contribution is -2.15. The van der Waals surface area contributed by atoms with Gasteiger partial charge in [0.15, 0.2) is 5.84 Å². The zero-order valence-electron chi connectivity index (χ0n) is 11.0. The Morgan fingerprint density at radius 3 is 2.52 bits per heavy atom. The number of nitro benzene ring substituents is 1. The summed E-state index contributed by atoms with van der Waals surface area (Å²) in [6, 6.07) is 13.7. The maximum atomic E-state index is 10.6. The third kappa shape index (κ3) is 3.73. The van der Waals surface area contributed by atoms with Crippen molar-refractivity contribution >= 4 is 23.3 Å². The van der Waals surface area contributed by atoms with Crippen molar-refractivity contribution in [3.8, 4) is 0 Å². The maximum absolute atomic E-state index is 10.6. The van der Waals surface area contributed by atoms with Gasteiger partial charge in [-0.3, -0.25) is 10.1 Å². The molecule has 0 saturated carbocycles. The third-order valence-corrected chi connectivity index (χ3v) is 3.90. The van der Waals surface area contributed by atoms with Crippen LogP contribution in [0.25, 0.3) is 0 Å². The van der Waals surface area contributed by atoms with Gasteiger partial charge in [-0.25, -0.2) is 0 Å². The van der Waals surface area contributed by atoms with E-state index in [0.717, 1.165) is 10.5 Å². The lowest BCUT2D eigenvalue weighted by Gasteiger charge is -2.07. The molecule has 0 bridgehead atoms. The molecule has 2 aromatic rings. The zero-order chi connectivity index (χ0) is 15.2. The first kappa shape index (κ1) is 14.9. The van der Waals surface area contributed by atoms with Gasteiger partial charge in [-0.1, -0.05) is 29.4 Å². The van der Waals surface area contributed by atoms with Gasteiger partial charge >= 0.3 is 0 Å². The van der Waals surface area contributed by atoms with Gasteiger partial charge in [-0.15, -0.1) is 11.8 Å². The fraction of sp³-hybridized carbons (Fsp3) is 0.0714. The van der Waals surface area contributed by atoms with E-state index >= 15 is 0 Å². The lowest BCUT2D eigenvalue weighted by atomic mass is 10.1. The predicted octanol–water partition coefficient (Wildman–Crippen LogP) is 2.98. The van der Waals surface area contributed by atoms with Gasteiger partial charge in [0.05, 0.1) is 4.92 Å². The molecule has 0 amide bonds. The van der Waals surface area contributed by atoms with E-state index in [1.165, 1.54) is 23.9 Å². The molecule has 2 rings (SSSR count). The fourth-order valence-corrected chi connectivity index (χ4v) is 2.68. The minimum Gasteiger partial charge on any atom is -0.409 e. The van der Waals surface area contributed by atoms with Crippen LogP contribution in [0.1, 0.15) is 11.1 Å². The number of nitrogens with two attached hydrogens (primary N) is 1. The molecule has 0 fully saturated rings. The minimum atomic E-state index is -0.428. The first-order valence-corrected chi connectivity index (χ1v) is 7.03. The molecule has 0 atom stereocenters. The van der Waals surface area contributed by atoms with Gasteiger partial charge in [0.1, 0.15) is 0 Å². The van der Waals surface area contributed by atoms with Crippen LogP contribution < -0.4 is 5.73 Å². The van der Waals surface area contributed by atoms with E-state index in [9.17, 15) is 10.1 Å². The Morgan fingerprint density at radius 2 is 1.90 bits per heavy atom. The number of hydrogen-bond donors (Lipinski definition) is 2. The van der Waals surface area contributed by atoms with Crippen LogP contribution in [0.5, 0.6) is 0 Å². The molecule has 0 saturated heterocycles. The van der Waals surface area contributed by atoms with Gasteiger partial charge in [0.2, 0.25) is 0 Å². The topological polar surface area (TPSA) is 102 Å². The number of non-ortho nitro benzene ring substituents is 1. The Labute approximate surface area is 125 Å². The zero-order valence-corrected chi connectivity index (χ0v) is 11.8. The minimum absolute atomic E-state index is 0.0647. The average Bonchev–Trinajstić information content (AvgIpc) is 2.52. The molecule has 7 heteroatoms. The number of thioether (sulfide) groups is 1. The number of oxime groups is 1. The molecule has 0 spiro atoms. The van der Waals surface area contributed by atoms with Gasteiger partial charge < -0.3 is 10.9 Å². The van der Waals surface area contributed by atoms with Crippen molar-refractivity contribution in [3.63, 3.8) is 0 Å². The van der Waals surface area contributed by atoms with E-state index in [4.69, 9.17) is 10.9 Å². The number of nitro groups is 1. The SMILES string of the molecule is N/C(=N\O)c1ccccc1CSc1ccc([N+](=O)[O-])cc1. The smallest absolute Gasteiger partial charge is 0.269 e. The van der Waals surface area contributed by atoms with E-state index in [-0.39, 0.29) is 11.5 Å². The molecule has 2 aromatic carbocycles. The summed E-state index contributed by atoms with van der Waals surface area (Å²) < 4.78 is 0. The van der Waals surface area contributed by atoms with Crippen molar-refractivity contribution in [2.24, 2.45) is 10.9 Å². The summed E-state index contributed by atoms with van der Waals surface area (Å²) in [5, 5.41) is 22.4. The van der Waals surface area contributed by atoms with E-state index < -0.39 is 4.92 Å². The van der Waals surface area contributed by atoms with Crippen LogP contribution in [-0.4, -0.2) is 16.0 Å². The molecule has 0 aliphatic heterocycles. The van der Waals surface area contributed by atoms with Crippen molar-refractivity contribution < 1.29 is 10.1 Å². The molecular weight excluding hydrogens is 290 g/mol. The number of nitrogens with zero attached hydrogens (tertiary/aromatic N) is 2. The van der Waals surface area contributed by atoms with Gasteiger partial charge in [-0.2, -0.15) is 0 Å². The normalized spacial score (nSPS) is 11.3. The molecule has 6 nitrogen and oxygen atoms in total. The summed E-state index contributed by atoms with van der Waals surface area (Å²) in [5.41, 5.74) is 7.30. The van der Waals surface area contributed by atoms with Crippen molar-refractivity contribution in [1.82, 2.24) is 0 Å². The fourth-order valence-electron chi connectivity index (χ4n) is 1.78. The molecular formula is C14H13N3O3S. The second kappa shape index (κ2) is 6.76. The summed E-state index contributed by atoms with van der Waals surface area (Å²) >= 11 is 1.52. The molecule has 21 heavy (non-hydrogen) atoms. The Bertz CT molecular complexity index is 671. The highest BCUT2D eigenvalue weighted by Crippen LogP contribution is 2.26. The molecule has 3 N–H and O–H groups in total. The van der Waals surface area contributed by atoms with Crippen molar-refractivity contribution in [1.29, 1.82) is 0 Å². The molecule has 0 radical (unpaired) electrons. The van der Waals surface area contributed by atoms with Crippen LogP contribution in [0.3, 0.4) is 0 Å². The largest absolute Gasteiger partial charge is 0.409 e. The monoisotopic (exact) mass is 303 g/mol. The number of rotatable bonds is 5. The van der Waals surface area contributed by atoms with Gasteiger partial charge in [0, 0.05) is 28.3 Å². The quantitative estimate of drug-likeness (QED) is 0.221. The summed E-state index contributed by atoms with van der Waals surface area (Å²) in [4.78, 5) is 11.1. The Morgan fingerprint density at radius 1 is 1.24 bits per heavy atom. The number of benzene rings is 2. The van der Waals surface area contributed by atoms with Crippen LogP contribution in [0.4, 0.5) is 5.69 Å². The first-order chi connectivity index (χ1) is 10.1. The maximum Gasteiger partial charge on any atom is 0.269 e. The van der Waals surface area contributed by atoms with Gasteiger partial charge in [-0.05, 0) is 17.7 Å². The van der Waals surface area contributed by atoms with Crippen molar-refractivity contribution in [2.75, 3.05) is 0 Å². The lowest BCUT2D eigenvalue weighted by molar-refractivity contribution is -0.384. The van der Waals surface area contributed by atoms with Gasteiger partial charge in [0.25, 0.3) is 5.69 Å². The Hall–Kier alpha value is -2.54. The van der Waals surface area contributed by atoms with Crippen LogP contribution in [0.2, 0.25) is 0 Å². The van der Waals surface area contributed by atoms with Crippen LogP contribution in [-0.2, 0) is 5.75 Å². The molecule has 0 aliphatic carbocycles. The van der Waals surface area contributed by atoms with E-state index in [1.54, 1.807) is 18.2 Å². The molecule has 0 unspecified atom stereocenters. The number of amidine groups is 1. The second-order valence-corrected chi connectivity index (χ2v) is 5.23. The standard InChI is InChI=1S/C14H13N3O3S/c15-14(16-18)13-4-2-1-3-10(13)9-21-12-7-5-11(6-8-12)17(19)20/h1-8,18H,9H2,(H2,15,16). The summed E-state index contributed by atoms with van der Waals surface area (Å²) in [7, 11) is 0. The summed E-state index contributed by atoms with van der Waals surface area (Å²) in [5.74, 6) is 0.680. The van der Waals surface area contributed by atoms with Crippen molar-refractivity contribution in [3.05, 3.63) is 69.8 Å². The van der Waals surface area contributed by atoms with Crippen LogP contribution >= 0.6 is 11.8 Å². The highest BCUT2D eigenvalue weighted by atomic mass is 32.2. The summed E-state index contributed by atoms with van der Waals surface area (Å²) in [6.45, 7) is 0. The van der Waals surface area contributed by atoms with E-state index in [1.807, 2.05) is 18.2 Å². The molecule has 0 aliphatic rings. The molecule has 0 heterocycles. The Balaban J connectivity index is 2.11. The average molecular weight is 303 g/mol. The summed E-state index contributed by atoms with van der Waals surface area (Å²) in [6.07, 6.45) is 0. The highest BCUT2D eigenvalue weighted by molar-refractivity contribution is 7.98. The number of hydrogen-bond acceptors (Lipinski definition) is 5.